The standard InChI is InChI=1S/C20H23N3O3S.C2H6/c21-20(11-24,12-25)9-19(26)15-3-7-17(8-4-15)27-16-5-1-14(2-6-16)18-10-22-13-23-18;1-2/h1-8,10,13,19,24-26H,9,11-12,21H2,(H,22,23);1-2H3. The Morgan fingerprint density at radius 1 is 1.00 bits per heavy atom. The van der Waals surface area contributed by atoms with Gasteiger partial charge in [-0.15, -0.1) is 0 Å². The van der Waals surface area contributed by atoms with E-state index in [2.05, 4.69) is 22.1 Å². The molecule has 0 fully saturated rings. The molecule has 0 amide bonds. The van der Waals surface area contributed by atoms with Crippen LogP contribution in [0.1, 0.15) is 31.9 Å². The smallest absolute Gasteiger partial charge is 0.0924 e. The second-order valence-corrected chi connectivity index (χ2v) is 7.71. The Kier molecular flexibility index (Phi) is 8.88. The molecule has 0 radical (unpaired) electrons. The third-order valence-corrected chi connectivity index (χ3v) is 5.41. The van der Waals surface area contributed by atoms with Crippen molar-refractivity contribution in [2.75, 3.05) is 13.2 Å². The quantitative estimate of drug-likeness (QED) is 0.385. The van der Waals surface area contributed by atoms with E-state index in [4.69, 9.17) is 5.73 Å². The van der Waals surface area contributed by atoms with Gasteiger partial charge in [0.15, 0.2) is 0 Å². The number of nitrogens with zero attached hydrogens (tertiary/aromatic N) is 1. The van der Waals surface area contributed by atoms with Gasteiger partial charge in [-0.25, -0.2) is 4.98 Å². The molecule has 1 atom stereocenters. The number of nitrogens with two attached hydrogens (primary N) is 1. The first kappa shape index (κ1) is 23.1. The molecule has 0 aliphatic carbocycles. The lowest BCUT2D eigenvalue weighted by Gasteiger charge is -2.27. The van der Waals surface area contributed by atoms with Crippen molar-refractivity contribution in [3.05, 3.63) is 66.6 Å². The summed E-state index contributed by atoms with van der Waals surface area (Å²) >= 11 is 1.62. The minimum absolute atomic E-state index is 0.0849. The predicted molar refractivity (Wildman–Crippen MR) is 117 cm³/mol. The van der Waals surface area contributed by atoms with E-state index in [-0.39, 0.29) is 19.6 Å². The van der Waals surface area contributed by atoms with Gasteiger partial charge in [-0.05, 0) is 41.8 Å². The number of hydrogen-bond acceptors (Lipinski definition) is 6. The molecule has 2 aromatic carbocycles. The lowest BCUT2D eigenvalue weighted by Crippen LogP contribution is -2.48. The molecule has 1 unspecified atom stereocenters. The van der Waals surface area contributed by atoms with Crippen molar-refractivity contribution in [3.8, 4) is 11.3 Å². The normalized spacial score (nSPS) is 12.2. The highest BCUT2D eigenvalue weighted by Crippen LogP contribution is 2.31. The zero-order valence-corrected chi connectivity index (χ0v) is 17.6. The van der Waals surface area contributed by atoms with Crippen molar-refractivity contribution in [1.29, 1.82) is 0 Å². The maximum absolute atomic E-state index is 10.3. The topological polar surface area (TPSA) is 115 Å². The Morgan fingerprint density at radius 2 is 1.55 bits per heavy atom. The summed E-state index contributed by atoms with van der Waals surface area (Å²) in [6, 6.07) is 15.7. The molecule has 0 aliphatic rings. The molecule has 29 heavy (non-hydrogen) atoms. The number of aliphatic hydroxyl groups is 3. The summed E-state index contributed by atoms with van der Waals surface area (Å²) in [4.78, 5) is 9.26. The van der Waals surface area contributed by atoms with Gasteiger partial charge in [-0.1, -0.05) is 49.9 Å². The van der Waals surface area contributed by atoms with Gasteiger partial charge in [0.05, 0.1) is 43.1 Å². The number of H-pyrrole nitrogens is 1. The minimum Gasteiger partial charge on any atom is -0.394 e. The Hall–Kier alpha value is -2.16. The summed E-state index contributed by atoms with van der Waals surface area (Å²) in [6.45, 7) is 3.23. The zero-order valence-electron chi connectivity index (χ0n) is 16.7. The fourth-order valence-corrected chi connectivity index (χ4v) is 3.51. The van der Waals surface area contributed by atoms with Gasteiger partial charge in [0, 0.05) is 9.79 Å². The van der Waals surface area contributed by atoms with Crippen molar-refractivity contribution in [2.24, 2.45) is 5.73 Å². The van der Waals surface area contributed by atoms with Crippen LogP contribution in [0.4, 0.5) is 0 Å². The lowest BCUT2D eigenvalue weighted by atomic mass is 9.92. The molecule has 1 heterocycles. The van der Waals surface area contributed by atoms with E-state index < -0.39 is 11.6 Å². The molecule has 7 heteroatoms. The van der Waals surface area contributed by atoms with Gasteiger partial charge in [-0.3, -0.25) is 0 Å². The largest absolute Gasteiger partial charge is 0.394 e. The van der Waals surface area contributed by atoms with Crippen LogP contribution in [0.3, 0.4) is 0 Å². The summed E-state index contributed by atoms with van der Waals surface area (Å²) in [7, 11) is 0. The fourth-order valence-electron chi connectivity index (χ4n) is 2.69. The van der Waals surface area contributed by atoms with Crippen LogP contribution in [-0.4, -0.2) is 44.0 Å². The molecule has 3 aromatic rings. The maximum Gasteiger partial charge on any atom is 0.0924 e. The van der Waals surface area contributed by atoms with E-state index in [9.17, 15) is 15.3 Å². The van der Waals surface area contributed by atoms with E-state index >= 15 is 0 Å². The van der Waals surface area contributed by atoms with Gasteiger partial charge in [0.25, 0.3) is 0 Å². The number of benzene rings is 2. The highest BCUT2D eigenvalue weighted by atomic mass is 32.2. The average Bonchev–Trinajstić information content (AvgIpc) is 3.31. The van der Waals surface area contributed by atoms with E-state index in [0.717, 1.165) is 21.0 Å². The Balaban J connectivity index is 0.00000145. The highest BCUT2D eigenvalue weighted by molar-refractivity contribution is 7.99. The van der Waals surface area contributed by atoms with Crippen LogP contribution < -0.4 is 5.73 Å². The molecule has 1 aromatic heterocycles. The van der Waals surface area contributed by atoms with Crippen LogP contribution in [0, 0.1) is 0 Å². The summed E-state index contributed by atoms with van der Waals surface area (Å²) in [5.41, 5.74) is 7.41. The number of imidazole rings is 1. The number of aromatic nitrogens is 2. The van der Waals surface area contributed by atoms with Crippen LogP contribution in [0.2, 0.25) is 0 Å². The van der Waals surface area contributed by atoms with Crippen molar-refractivity contribution >= 4 is 11.8 Å². The molecule has 0 saturated carbocycles. The molecule has 3 rings (SSSR count). The number of nitrogens with one attached hydrogen (secondary N) is 1. The first-order valence-corrected chi connectivity index (χ1v) is 10.4. The third kappa shape index (κ3) is 6.42. The second-order valence-electron chi connectivity index (χ2n) is 6.56. The van der Waals surface area contributed by atoms with E-state index in [0.29, 0.717) is 5.56 Å². The number of aliphatic hydroxyl groups excluding tert-OH is 3. The van der Waals surface area contributed by atoms with Crippen molar-refractivity contribution < 1.29 is 15.3 Å². The van der Waals surface area contributed by atoms with Crippen molar-refractivity contribution in [1.82, 2.24) is 9.97 Å². The van der Waals surface area contributed by atoms with Gasteiger partial charge in [0.2, 0.25) is 0 Å². The van der Waals surface area contributed by atoms with Crippen molar-refractivity contribution in [2.45, 2.75) is 41.7 Å². The second kappa shape index (κ2) is 11.1. The van der Waals surface area contributed by atoms with E-state index in [1.807, 2.05) is 50.2 Å². The van der Waals surface area contributed by atoms with Crippen LogP contribution >= 0.6 is 11.8 Å². The van der Waals surface area contributed by atoms with Gasteiger partial charge in [-0.2, -0.15) is 0 Å². The number of rotatable bonds is 8. The van der Waals surface area contributed by atoms with Crippen LogP contribution in [0.25, 0.3) is 11.3 Å². The first-order chi connectivity index (χ1) is 14.0. The SMILES string of the molecule is CC.NC(CO)(CO)CC(O)c1ccc(Sc2ccc(-c3cnc[nH]3)cc2)cc1. The van der Waals surface area contributed by atoms with Crippen LogP contribution in [0.5, 0.6) is 0 Å². The number of aromatic amines is 1. The molecule has 0 aliphatic heterocycles. The molecule has 6 nitrogen and oxygen atoms in total. The van der Waals surface area contributed by atoms with Gasteiger partial charge >= 0.3 is 0 Å². The molecule has 6 N–H and O–H groups in total. The van der Waals surface area contributed by atoms with E-state index in [1.54, 1.807) is 24.3 Å². The van der Waals surface area contributed by atoms with Gasteiger partial charge < -0.3 is 26.0 Å². The molecule has 156 valence electrons. The average molecular weight is 416 g/mol. The summed E-state index contributed by atoms with van der Waals surface area (Å²) in [5.74, 6) is 0. The van der Waals surface area contributed by atoms with Gasteiger partial charge in [0.1, 0.15) is 0 Å². The molecule has 0 saturated heterocycles. The summed E-state index contributed by atoms with van der Waals surface area (Å²) < 4.78 is 0. The Morgan fingerprint density at radius 3 is 2.03 bits per heavy atom. The predicted octanol–water partition coefficient (Wildman–Crippen LogP) is 3.36. The van der Waals surface area contributed by atoms with E-state index in [1.165, 1.54) is 0 Å². The zero-order chi connectivity index (χ0) is 21.3. The molecule has 0 spiro atoms. The molecular weight excluding hydrogens is 386 g/mol. The lowest BCUT2D eigenvalue weighted by molar-refractivity contribution is 0.0618. The summed E-state index contributed by atoms with van der Waals surface area (Å²) in [6.07, 6.45) is 2.68. The first-order valence-electron chi connectivity index (χ1n) is 9.58. The third-order valence-electron chi connectivity index (χ3n) is 4.39. The Labute approximate surface area is 175 Å². The molecular formula is C22H29N3O3S. The fraction of sp³-hybridized carbons (Fsp3) is 0.318. The van der Waals surface area contributed by atoms with Crippen LogP contribution in [-0.2, 0) is 0 Å². The molecule has 0 bridgehead atoms. The van der Waals surface area contributed by atoms with Crippen molar-refractivity contribution in [3.63, 3.8) is 0 Å². The number of hydrogen-bond donors (Lipinski definition) is 5. The monoisotopic (exact) mass is 415 g/mol. The summed E-state index contributed by atoms with van der Waals surface area (Å²) in [5, 5.41) is 28.8. The van der Waals surface area contributed by atoms with Crippen LogP contribution in [0.15, 0.2) is 70.8 Å². The minimum atomic E-state index is -1.19. The highest BCUT2D eigenvalue weighted by Gasteiger charge is 2.27. The Bertz CT molecular complexity index is 833. The maximum atomic E-state index is 10.3.